The molecule has 2 N–H and O–H groups in total. The number of anilines is 1. The molecule has 0 atom stereocenters. The van der Waals surface area contributed by atoms with E-state index < -0.39 is 10.0 Å². The second-order valence-corrected chi connectivity index (χ2v) is 8.43. The van der Waals surface area contributed by atoms with Crippen LogP contribution in [0.1, 0.15) is 23.2 Å². The van der Waals surface area contributed by atoms with Gasteiger partial charge in [-0.15, -0.1) is 6.58 Å². The van der Waals surface area contributed by atoms with E-state index in [0.29, 0.717) is 38.0 Å². The molecule has 1 aliphatic heterocycles. The van der Waals surface area contributed by atoms with Crippen LogP contribution in [-0.4, -0.2) is 40.0 Å². The highest BCUT2D eigenvalue weighted by Gasteiger charge is 2.26. The van der Waals surface area contributed by atoms with Crippen LogP contribution in [0.3, 0.4) is 0 Å². The van der Waals surface area contributed by atoms with Crippen LogP contribution in [0.15, 0.2) is 72.1 Å². The fourth-order valence-electron chi connectivity index (χ4n) is 3.33. The van der Waals surface area contributed by atoms with Crippen molar-refractivity contribution in [1.82, 2.24) is 10.0 Å². The number of hydrogen-bond donors (Lipinski definition) is 2. The lowest BCUT2D eigenvalue weighted by atomic mass is 10.0. The third kappa shape index (κ3) is 4.79. The molecule has 7 heteroatoms. The maximum Gasteiger partial charge on any atom is 0.253 e. The van der Waals surface area contributed by atoms with Crippen LogP contribution in [0.25, 0.3) is 0 Å². The van der Waals surface area contributed by atoms with Crippen molar-refractivity contribution in [2.24, 2.45) is 0 Å². The Labute approximate surface area is 166 Å². The molecule has 0 radical (unpaired) electrons. The van der Waals surface area contributed by atoms with Crippen molar-refractivity contribution in [3.63, 3.8) is 0 Å². The Morgan fingerprint density at radius 3 is 2.39 bits per heavy atom. The minimum Gasteiger partial charge on any atom is -0.371 e. The fourth-order valence-corrected chi connectivity index (χ4v) is 4.65. The topological polar surface area (TPSA) is 78.5 Å². The minimum absolute atomic E-state index is 0.122. The van der Waals surface area contributed by atoms with E-state index in [9.17, 15) is 13.2 Å². The van der Waals surface area contributed by atoms with Crippen LogP contribution >= 0.6 is 0 Å². The monoisotopic (exact) mass is 399 g/mol. The van der Waals surface area contributed by atoms with E-state index in [0.717, 1.165) is 5.69 Å². The number of nitrogens with one attached hydrogen (secondary N) is 2. The Kier molecular flexibility index (Phi) is 6.49. The number of rotatable bonds is 7. The Hall–Kier alpha value is -2.64. The van der Waals surface area contributed by atoms with Gasteiger partial charge in [-0.3, -0.25) is 4.79 Å². The van der Waals surface area contributed by atoms with E-state index in [-0.39, 0.29) is 16.8 Å². The molecule has 0 aliphatic carbocycles. The van der Waals surface area contributed by atoms with E-state index in [2.05, 4.69) is 21.5 Å². The maximum absolute atomic E-state index is 12.5. The van der Waals surface area contributed by atoms with Crippen LogP contribution in [0.4, 0.5) is 5.69 Å². The predicted molar refractivity (Wildman–Crippen MR) is 111 cm³/mol. The lowest BCUT2D eigenvalue weighted by Crippen LogP contribution is -2.45. The van der Waals surface area contributed by atoms with Crippen molar-refractivity contribution in [2.75, 3.05) is 24.5 Å². The predicted octanol–water partition coefficient (Wildman–Crippen LogP) is 2.55. The van der Waals surface area contributed by atoms with Gasteiger partial charge in [0.05, 0.1) is 10.5 Å². The lowest BCUT2D eigenvalue weighted by Gasteiger charge is -2.34. The summed E-state index contributed by atoms with van der Waals surface area (Å²) < 4.78 is 27.8. The number of benzene rings is 2. The summed E-state index contributed by atoms with van der Waals surface area (Å²) in [5.41, 5.74) is 1.49. The standard InChI is InChI=1S/C21H25N3O3S/c1-2-14-22-21(25)19-10-6-7-11-20(19)24-15-12-17(13-16-24)23-28(26,27)18-8-4-3-5-9-18/h2-11,17,23H,1,12-16H2,(H,22,25). The summed E-state index contributed by atoms with van der Waals surface area (Å²) in [4.78, 5) is 14.8. The van der Waals surface area contributed by atoms with Crippen molar-refractivity contribution in [1.29, 1.82) is 0 Å². The summed E-state index contributed by atoms with van der Waals surface area (Å²) in [6, 6.07) is 15.8. The molecule has 3 rings (SSSR count). The van der Waals surface area contributed by atoms with Gasteiger partial charge in [0.25, 0.3) is 5.91 Å². The Bertz CT molecular complexity index is 921. The molecule has 0 spiro atoms. The largest absolute Gasteiger partial charge is 0.371 e. The van der Waals surface area contributed by atoms with Crippen molar-refractivity contribution in [3.05, 3.63) is 72.8 Å². The second-order valence-electron chi connectivity index (χ2n) is 6.71. The van der Waals surface area contributed by atoms with Gasteiger partial charge < -0.3 is 10.2 Å². The van der Waals surface area contributed by atoms with Crippen molar-refractivity contribution >= 4 is 21.6 Å². The van der Waals surface area contributed by atoms with Gasteiger partial charge in [0, 0.05) is 31.4 Å². The minimum atomic E-state index is -3.52. The van der Waals surface area contributed by atoms with Crippen molar-refractivity contribution < 1.29 is 13.2 Å². The first-order valence-corrected chi connectivity index (χ1v) is 10.8. The summed E-state index contributed by atoms with van der Waals surface area (Å²) in [5.74, 6) is -0.137. The first-order valence-electron chi connectivity index (χ1n) is 9.32. The molecule has 1 fully saturated rings. The van der Waals surface area contributed by atoms with Gasteiger partial charge in [0.2, 0.25) is 10.0 Å². The van der Waals surface area contributed by atoms with E-state index in [1.165, 1.54) is 0 Å². The molecule has 0 bridgehead atoms. The van der Waals surface area contributed by atoms with Crippen molar-refractivity contribution in [2.45, 2.75) is 23.8 Å². The SMILES string of the molecule is C=CCNC(=O)c1ccccc1N1CCC(NS(=O)(=O)c2ccccc2)CC1. The molecule has 28 heavy (non-hydrogen) atoms. The zero-order valence-electron chi connectivity index (χ0n) is 15.7. The lowest BCUT2D eigenvalue weighted by molar-refractivity contribution is 0.0958. The number of hydrogen-bond acceptors (Lipinski definition) is 4. The number of piperidine rings is 1. The number of nitrogens with zero attached hydrogens (tertiary/aromatic N) is 1. The molecule has 1 saturated heterocycles. The van der Waals surface area contributed by atoms with E-state index in [4.69, 9.17) is 0 Å². The fraction of sp³-hybridized carbons (Fsp3) is 0.286. The number of amides is 1. The number of carbonyl (C=O) groups is 1. The van der Waals surface area contributed by atoms with Gasteiger partial charge in [0.1, 0.15) is 0 Å². The quantitative estimate of drug-likeness (QED) is 0.702. The molecular formula is C21H25N3O3S. The molecule has 1 aliphatic rings. The average Bonchev–Trinajstić information content (AvgIpc) is 2.73. The molecule has 2 aromatic rings. The molecule has 1 amide bonds. The van der Waals surface area contributed by atoms with Crippen LogP contribution in [0, 0.1) is 0 Å². The highest BCUT2D eigenvalue weighted by atomic mass is 32.2. The first-order chi connectivity index (χ1) is 13.5. The Balaban J connectivity index is 1.65. The van der Waals surface area contributed by atoms with Gasteiger partial charge in [-0.05, 0) is 37.1 Å². The molecule has 6 nitrogen and oxygen atoms in total. The third-order valence-corrected chi connectivity index (χ3v) is 6.30. The smallest absolute Gasteiger partial charge is 0.253 e. The van der Waals surface area contributed by atoms with E-state index in [1.807, 2.05) is 18.2 Å². The number of para-hydroxylation sites is 1. The maximum atomic E-state index is 12.5. The summed E-state index contributed by atoms with van der Waals surface area (Å²) in [6.07, 6.45) is 2.99. The zero-order valence-corrected chi connectivity index (χ0v) is 16.5. The van der Waals surface area contributed by atoms with Gasteiger partial charge in [-0.2, -0.15) is 0 Å². The average molecular weight is 400 g/mol. The number of carbonyl (C=O) groups excluding carboxylic acids is 1. The van der Waals surface area contributed by atoms with Crippen LogP contribution in [-0.2, 0) is 10.0 Å². The van der Waals surface area contributed by atoms with Crippen molar-refractivity contribution in [3.8, 4) is 0 Å². The normalized spacial score (nSPS) is 15.2. The molecule has 2 aromatic carbocycles. The van der Waals surface area contributed by atoms with Gasteiger partial charge in [-0.1, -0.05) is 36.4 Å². The summed E-state index contributed by atoms with van der Waals surface area (Å²) >= 11 is 0. The molecule has 0 aromatic heterocycles. The van der Waals surface area contributed by atoms with Gasteiger partial charge in [-0.25, -0.2) is 13.1 Å². The first kappa shape index (κ1) is 20.1. The summed E-state index contributed by atoms with van der Waals surface area (Å²) in [7, 11) is -3.52. The summed E-state index contributed by atoms with van der Waals surface area (Å²) in [5, 5.41) is 2.81. The van der Waals surface area contributed by atoms with E-state index in [1.54, 1.807) is 42.5 Å². The van der Waals surface area contributed by atoms with Crippen LogP contribution < -0.4 is 14.9 Å². The van der Waals surface area contributed by atoms with Crippen LogP contribution in [0.2, 0.25) is 0 Å². The third-order valence-electron chi connectivity index (χ3n) is 4.77. The molecule has 148 valence electrons. The zero-order chi connectivity index (χ0) is 20.0. The van der Waals surface area contributed by atoms with Crippen LogP contribution in [0.5, 0.6) is 0 Å². The van der Waals surface area contributed by atoms with Gasteiger partial charge >= 0.3 is 0 Å². The highest BCUT2D eigenvalue weighted by molar-refractivity contribution is 7.89. The molecule has 1 heterocycles. The molecular weight excluding hydrogens is 374 g/mol. The highest BCUT2D eigenvalue weighted by Crippen LogP contribution is 2.25. The Morgan fingerprint density at radius 1 is 1.07 bits per heavy atom. The van der Waals surface area contributed by atoms with Gasteiger partial charge in [0.15, 0.2) is 0 Å². The summed E-state index contributed by atoms with van der Waals surface area (Å²) in [6.45, 7) is 5.38. The molecule has 0 saturated carbocycles. The number of sulfonamides is 1. The second kappa shape index (κ2) is 9.03. The van der Waals surface area contributed by atoms with E-state index >= 15 is 0 Å². The molecule has 0 unspecified atom stereocenters. The Morgan fingerprint density at radius 2 is 1.71 bits per heavy atom.